The van der Waals surface area contributed by atoms with Crippen molar-refractivity contribution in [1.82, 2.24) is 0 Å². The summed E-state index contributed by atoms with van der Waals surface area (Å²) in [6.45, 7) is 2.58. The van der Waals surface area contributed by atoms with Crippen LogP contribution in [0.4, 0.5) is 0 Å². The Morgan fingerprint density at radius 2 is 1.35 bits per heavy atom. The fourth-order valence-electron chi connectivity index (χ4n) is 2.96. The zero-order valence-electron chi connectivity index (χ0n) is 13.1. The molecule has 0 aromatic carbocycles. The van der Waals surface area contributed by atoms with E-state index >= 15 is 0 Å². The summed E-state index contributed by atoms with van der Waals surface area (Å²) in [7, 11) is 0. The Balaban J connectivity index is 2.11. The van der Waals surface area contributed by atoms with Crippen molar-refractivity contribution in [3.05, 3.63) is 0 Å². The van der Waals surface area contributed by atoms with Crippen LogP contribution in [0, 0.1) is 5.92 Å². The number of aliphatic hydroxyl groups excluding tert-OH is 6. The molecule has 2 heterocycles. The molecule has 0 radical (unpaired) electrons. The van der Waals surface area contributed by atoms with Gasteiger partial charge in [-0.2, -0.15) is 0 Å². The highest BCUT2D eigenvalue weighted by atomic mass is 16.7. The van der Waals surface area contributed by atoms with Gasteiger partial charge in [-0.25, -0.2) is 0 Å². The van der Waals surface area contributed by atoms with Crippen molar-refractivity contribution in [1.29, 1.82) is 0 Å². The fourth-order valence-corrected chi connectivity index (χ4v) is 2.96. The van der Waals surface area contributed by atoms with Gasteiger partial charge in [-0.15, -0.1) is 0 Å². The second-order valence-corrected chi connectivity index (χ2v) is 6.21. The van der Waals surface area contributed by atoms with Crippen LogP contribution in [-0.2, 0) is 14.2 Å². The smallest absolute Gasteiger partial charge is 0.187 e. The van der Waals surface area contributed by atoms with Crippen LogP contribution in [-0.4, -0.2) is 99.0 Å². The lowest BCUT2D eigenvalue weighted by molar-refractivity contribution is -0.335. The van der Waals surface area contributed by atoms with E-state index in [1.165, 1.54) is 0 Å². The van der Waals surface area contributed by atoms with Crippen LogP contribution in [0.3, 0.4) is 0 Å². The molecule has 6 N–H and O–H groups in total. The van der Waals surface area contributed by atoms with E-state index in [4.69, 9.17) is 14.2 Å². The van der Waals surface area contributed by atoms with Crippen LogP contribution in [0.15, 0.2) is 0 Å². The first-order valence-electron chi connectivity index (χ1n) is 7.72. The third kappa shape index (κ3) is 3.68. The molecule has 9 heteroatoms. The number of aliphatic hydroxyl groups is 6. The van der Waals surface area contributed by atoms with Crippen molar-refractivity contribution >= 4 is 0 Å². The third-order valence-electron chi connectivity index (χ3n) is 4.69. The van der Waals surface area contributed by atoms with E-state index in [0.29, 0.717) is 0 Å². The Morgan fingerprint density at radius 3 is 1.91 bits per heavy atom. The van der Waals surface area contributed by atoms with Crippen LogP contribution < -0.4 is 0 Å². The minimum atomic E-state index is -1.55. The van der Waals surface area contributed by atoms with Gasteiger partial charge in [-0.1, -0.05) is 6.92 Å². The molecule has 136 valence electrons. The van der Waals surface area contributed by atoms with Gasteiger partial charge in [0.2, 0.25) is 0 Å². The molecule has 0 aromatic rings. The summed E-state index contributed by atoms with van der Waals surface area (Å²) in [6.07, 6.45) is -10.1. The summed E-state index contributed by atoms with van der Waals surface area (Å²) in [5.41, 5.74) is 0. The molecule has 9 nitrogen and oxygen atoms in total. The summed E-state index contributed by atoms with van der Waals surface area (Å²) in [5.74, 6) is -0.278. The molecule has 0 bridgehead atoms. The zero-order valence-corrected chi connectivity index (χ0v) is 13.1. The quantitative estimate of drug-likeness (QED) is 0.314. The molecule has 2 saturated heterocycles. The molecule has 0 saturated carbocycles. The first-order valence-corrected chi connectivity index (χ1v) is 7.72. The lowest BCUT2D eigenvalue weighted by Gasteiger charge is -2.46. The first-order chi connectivity index (χ1) is 10.8. The second-order valence-electron chi connectivity index (χ2n) is 6.21. The van der Waals surface area contributed by atoms with Crippen LogP contribution in [0.2, 0.25) is 0 Å². The molecule has 10 atom stereocenters. The first kappa shape index (κ1) is 19.0. The molecule has 4 unspecified atom stereocenters. The molecule has 2 aliphatic rings. The normalized spacial score (nSPS) is 51.7. The van der Waals surface area contributed by atoms with Crippen molar-refractivity contribution < 1.29 is 44.8 Å². The number of rotatable bonds is 4. The van der Waals surface area contributed by atoms with Crippen molar-refractivity contribution in [2.75, 3.05) is 13.2 Å². The van der Waals surface area contributed by atoms with Gasteiger partial charge < -0.3 is 44.8 Å². The van der Waals surface area contributed by atoms with Gasteiger partial charge in [0.15, 0.2) is 6.29 Å². The van der Waals surface area contributed by atoms with Crippen LogP contribution in [0.1, 0.15) is 13.8 Å². The van der Waals surface area contributed by atoms with Gasteiger partial charge in [0.05, 0.1) is 25.4 Å². The van der Waals surface area contributed by atoms with Crippen LogP contribution in [0.5, 0.6) is 0 Å². The van der Waals surface area contributed by atoms with Gasteiger partial charge in [-0.3, -0.25) is 0 Å². The highest BCUT2D eigenvalue weighted by molar-refractivity contribution is 4.93. The van der Waals surface area contributed by atoms with E-state index in [0.717, 1.165) is 0 Å². The lowest BCUT2D eigenvalue weighted by Crippen LogP contribution is -2.62. The summed E-state index contributed by atoms with van der Waals surface area (Å²) in [6, 6.07) is 0. The summed E-state index contributed by atoms with van der Waals surface area (Å²) in [4.78, 5) is 0. The van der Waals surface area contributed by atoms with Gasteiger partial charge in [0.25, 0.3) is 0 Å². The predicted molar refractivity (Wildman–Crippen MR) is 75.2 cm³/mol. The average Bonchev–Trinajstić information content (AvgIpc) is 2.54. The lowest BCUT2D eigenvalue weighted by atomic mass is 9.88. The highest BCUT2D eigenvalue weighted by Crippen LogP contribution is 2.31. The molecular weight excluding hydrogens is 312 g/mol. The molecule has 2 fully saturated rings. The Morgan fingerprint density at radius 1 is 0.783 bits per heavy atom. The van der Waals surface area contributed by atoms with Crippen LogP contribution in [0.25, 0.3) is 0 Å². The minimum Gasteiger partial charge on any atom is -0.394 e. The SMILES string of the molecule is CC1[C@H](C)OC(CO)[C@@H](O)[C@@H]1O[C@@H]1OC(CO)[C@H](O)C(O)[C@@H]1O. The van der Waals surface area contributed by atoms with Crippen molar-refractivity contribution in [2.24, 2.45) is 5.92 Å². The molecule has 2 aliphatic heterocycles. The van der Waals surface area contributed by atoms with Gasteiger partial charge in [0.1, 0.15) is 36.6 Å². The van der Waals surface area contributed by atoms with E-state index in [2.05, 4.69) is 0 Å². The van der Waals surface area contributed by atoms with Gasteiger partial charge in [0, 0.05) is 5.92 Å². The Labute approximate surface area is 134 Å². The fraction of sp³-hybridized carbons (Fsp3) is 1.00. The maximum atomic E-state index is 10.3. The second kappa shape index (κ2) is 7.68. The van der Waals surface area contributed by atoms with Crippen molar-refractivity contribution in [3.63, 3.8) is 0 Å². The van der Waals surface area contributed by atoms with Crippen LogP contribution >= 0.6 is 0 Å². The molecule has 0 amide bonds. The monoisotopic (exact) mass is 338 g/mol. The predicted octanol–water partition coefficient (Wildman–Crippen LogP) is -3.05. The molecule has 0 aromatic heterocycles. The van der Waals surface area contributed by atoms with E-state index in [1.807, 2.05) is 0 Å². The van der Waals surface area contributed by atoms with E-state index in [1.54, 1.807) is 13.8 Å². The molecular formula is C14H26O9. The van der Waals surface area contributed by atoms with Gasteiger partial charge in [-0.05, 0) is 6.92 Å². The number of ether oxygens (including phenoxy) is 3. The third-order valence-corrected chi connectivity index (χ3v) is 4.69. The summed E-state index contributed by atoms with van der Waals surface area (Å²) in [5, 5.41) is 58.3. The standard InChI is InChI=1S/C14H26O9/c1-5-6(2)21-8(4-16)10(18)13(5)23-14-12(20)11(19)9(17)7(3-15)22-14/h5-20H,3-4H2,1-2H3/t5?,6-,7?,8?,9-,10+,11?,12-,13+,14-/m0/s1. The van der Waals surface area contributed by atoms with E-state index in [-0.39, 0.29) is 12.0 Å². The number of hydrogen-bond acceptors (Lipinski definition) is 9. The van der Waals surface area contributed by atoms with E-state index in [9.17, 15) is 30.6 Å². The molecule has 2 rings (SSSR count). The maximum absolute atomic E-state index is 10.3. The Hall–Kier alpha value is -0.360. The molecule has 0 spiro atoms. The minimum absolute atomic E-state index is 0.278. The Bertz CT molecular complexity index is 379. The summed E-state index contributed by atoms with van der Waals surface area (Å²) >= 11 is 0. The van der Waals surface area contributed by atoms with E-state index < -0.39 is 62.2 Å². The van der Waals surface area contributed by atoms with Gasteiger partial charge >= 0.3 is 0 Å². The van der Waals surface area contributed by atoms with Crippen molar-refractivity contribution in [2.45, 2.75) is 69.0 Å². The maximum Gasteiger partial charge on any atom is 0.187 e. The largest absolute Gasteiger partial charge is 0.394 e. The summed E-state index contributed by atoms with van der Waals surface area (Å²) < 4.78 is 16.4. The molecule has 23 heavy (non-hydrogen) atoms. The topological polar surface area (TPSA) is 149 Å². The Kier molecular flexibility index (Phi) is 6.34. The molecule has 0 aliphatic carbocycles. The zero-order chi connectivity index (χ0) is 17.3. The highest BCUT2D eigenvalue weighted by Gasteiger charge is 2.48. The number of hydrogen-bond donors (Lipinski definition) is 6. The average molecular weight is 338 g/mol. The van der Waals surface area contributed by atoms with Crippen molar-refractivity contribution in [3.8, 4) is 0 Å².